The van der Waals surface area contributed by atoms with Crippen LogP contribution in [0.3, 0.4) is 0 Å². The first-order valence-electron chi connectivity index (χ1n) is 12.1. The standard InChI is InChI=1S/C26H27N7O3/c1-13-23(14(2)36-32-13)18-10-20-17(11-21(18)35-4)24-25(29-20)27-15(3)28-26(24)30-22-12-19(16-6-7-16)31-33(22)8-5-9-34/h9-12,16H,5-8H2,1-4H3,(H2,27,28,29,30). The smallest absolute Gasteiger partial charge is 0.145 e. The number of hydrogen-bond acceptors (Lipinski definition) is 8. The number of benzene rings is 1. The van der Waals surface area contributed by atoms with Crippen LogP contribution < -0.4 is 10.1 Å². The highest BCUT2D eigenvalue weighted by molar-refractivity contribution is 6.13. The second-order valence-electron chi connectivity index (χ2n) is 9.30. The topological polar surface area (TPSA) is 124 Å². The second kappa shape index (κ2) is 8.47. The molecule has 1 aliphatic rings. The molecule has 0 spiro atoms. The third-order valence-electron chi connectivity index (χ3n) is 6.69. The van der Waals surface area contributed by atoms with Gasteiger partial charge in [0.25, 0.3) is 0 Å². The number of rotatable bonds is 8. The maximum absolute atomic E-state index is 11.0. The summed E-state index contributed by atoms with van der Waals surface area (Å²) in [5, 5.41) is 14.1. The van der Waals surface area contributed by atoms with Gasteiger partial charge in [0.2, 0.25) is 0 Å². The van der Waals surface area contributed by atoms with Gasteiger partial charge in [0.05, 0.1) is 29.4 Å². The Balaban J connectivity index is 1.51. The lowest BCUT2D eigenvalue weighted by atomic mass is 10.0. The van der Waals surface area contributed by atoms with Crippen LogP contribution in [0.25, 0.3) is 33.1 Å². The molecule has 1 fully saturated rings. The summed E-state index contributed by atoms with van der Waals surface area (Å²) in [4.78, 5) is 23.9. The zero-order valence-corrected chi connectivity index (χ0v) is 20.7. The number of nitrogens with one attached hydrogen (secondary N) is 2. The van der Waals surface area contributed by atoms with Crippen molar-refractivity contribution in [2.75, 3.05) is 12.4 Å². The number of H-pyrrole nitrogens is 1. The predicted molar refractivity (Wildman–Crippen MR) is 136 cm³/mol. The lowest BCUT2D eigenvalue weighted by Gasteiger charge is -2.11. The molecule has 1 saturated carbocycles. The first-order chi connectivity index (χ1) is 17.5. The van der Waals surface area contributed by atoms with Crippen LogP contribution in [0.15, 0.2) is 22.7 Å². The van der Waals surface area contributed by atoms with Crippen molar-refractivity contribution in [2.45, 2.75) is 52.5 Å². The number of anilines is 2. The van der Waals surface area contributed by atoms with Crippen molar-refractivity contribution >= 4 is 39.9 Å². The Hall–Kier alpha value is -4.21. The molecule has 0 saturated heterocycles. The van der Waals surface area contributed by atoms with E-state index in [1.165, 1.54) is 0 Å². The van der Waals surface area contributed by atoms with Gasteiger partial charge >= 0.3 is 0 Å². The largest absolute Gasteiger partial charge is 0.496 e. The Labute approximate surface area is 207 Å². The van der Waals surface area contributed by atoms with Gasteiger partial charge in [-0.05, 0) is 45.7 Å². The third-order valence-corrected chi connectivity index (χ3v) is 6.69. The van der Waals surface area contributed by atoms with Gasteiger partial charge in [-0.2, -0.15) is 5.10 Å². The van der Waals surface area contributed by atoms with E-state index < -0.39 is 0 Å². The van der Waals surface area contributed by atoms with Crippen molar-refractivity contribution < 1.29 is 14.1 Å². The van der Waals surface area contributed by atoms with E-state index in [1.54, 1.807) is 7.11 Å². The molecular formula is C26H27N7O3. The Morgan fingerprint density at radius 1 is 1.22 bits per heavy atom. The maximum atomic E-state index is 11.0. The number of aryl methyl sites for hydroxylation is 4. The molecule has 36 heavy (non-hydrogen) atoms. The highest BCUT2D eigenvalue weighted by atomic mass is 16.5. The molecule has 0 bridgehead atoms. The molecule has 6 rings (SSSR count). The molecule has 5 aromatic rings. The third kappa shape index (κ3) is 3.69. The Morgan fingerprint density at radius 3 is 2.75 bits per heavy atom. The van der Waals surface area contributed by atoms with Gasteiger partial charge in [0, 0.05) is 41.4 Å². The van der Waals surface area contributed by atoms with Gasteiger partial charge < -0.3 is 24.4 Å². The summed E-state index contributed by atoms with van der Waals surface area (Å²) in [6.07, 6.45) is 3.61. The SMILES string of the molecule is COc1cc2c(cc1-c1c(C)noc1C)[nH]c1nc(C)nc(Nc3cc(C4CC4)nn3CCC=O)c12. The summed E-state index contributed by atoms with van der Waals surface area (Å²) in [5.74, 6) is 4.05. The van der Waals surface area contributed by atoms with Crippen LogP contribution in [0, 0.1) is 20.8 Å². The Morgan fingerprint density at radius 2 is 2.06 bits per heavy atom. The fourth-order valence-corrected chi connectivity index (χ4v) is 4.84. The molecule has 0 amide bonds. The minimum Gasteiger partial charge on any atom is -0.496 e. The molecular weight excluding hydrogens is 458 g/mol. The molecule has 0 aliphatic heterocycles. The number of carbonyl (C=O) groups is 1. The molecule has 0 atom stereocenters. The number of carbonyl (C=O) groups excluding carboxylic acids is 1. The molecule has 1 aliphatic carbocycles. The number of aromatic nitrogens is 6. The van der Waals surface area contributed by atoms with Gasteiger partial charge in [0.1, 0.15) is 40.9 Å². The zero-order valence-electron chi connectivity index (χ0n) is 20.7. The van der Waals surface area contributed by atoms with E-state index >= 15 is 0 Å². The average molecular weight is 486 g/mol. The zero-order chi connectivity index (χ0) is 25.0. The number of nitrogens with zero attached hydrogens (tertiary/aromatic N) is 5. The molecule has 4 heterocycles. The maximum Gasteiger partial charge on any atom is 0.145 e. The summed E-state index contributed by atoms with van der Waals surface area (Å²) < 4.78 is 13.1. The molecule has 1 aromatic carbocycles. The van der Waals surface area contributed by atoms with Crippen LogP contribution in [-0.4, -0.2) is 43.3 Å². The summed E-state index contributed by atoms with van der Waals surface area (Å²) in [7, 11) is 1.66. The highest BCUT2D eigenvalue weighted by Gasteiger charge is 2.28. The number of ether oxygens (including phenoxy) is 1. The number of aromatic amines is 1. The first-order valence-corrected chi connectivity index (χ1v) is 12.1. The van der Waals surface area contributed by atoms with E-state index in [9.17, 15) is 4.79 Å². The minimum absolute atomic E-state index is 0.396. The first kappa shape index (κ1) is 22.3. The van der Waals surface area contributed by atoms with Crippen molar-refractivity contribution in [3.8, 4) is 16.9 Å². The average Bonchev–Trinajstić information content (AvgIpc) is 3.42. The summed E-state index contributed by atoms with van der Waals surface area (Å²) >= 11 is 0. The fraction of sp³-hybridized carbons (Fsp3) is 0.346. The molecule has 0 radical (unpaired) electrons. The van der Waals surface area contributed by atoms with E-state index in [2.05, 4.69) is 26.5 Å². The molecule has 4 aromatic heterocycles. The van der Waals surface area contributed by atoms with Crippen LogP contribution in [0.2, 0.25) is 0 Å². The normalized spacial score (nSPS) is 13.6. The number of hydrogen-bond donors (Lipinski definition) is 2. The van der Waals surface area contributed by atoms with Gasteiger partial charge in [-0.25, -0.2) is 14.6 Å². The van der Waals surface area contributed by atoms with E-state index in [4.69, 9.17) is 19.3 Å². The molecule has 184 valence electrons. The monoisotopic (exact) mass is 485 g/mol. The molecule has 10 heteroatoms. The van der Waals surface area contributed by atoms with Crippen LogP contribution in [0.1, 0.15) is 48.2 Å². The minimum atomic E-state index is 0.396. The number of aldehydes is 1. The summed E-state index contributed by atoms with van der Waals surface area (Å²) in [5.41, 5.74) is 5.29. The number of methoxy groups -OCH3 is 1. The highest BCUT2D eigenvalue weighted by Crippen LogP contribution is 2.42. The quantitative estimate of drug-likeness (QED) is 0.291. The van der Waals surface area contributed by atoms with Gasteiger partial charge in [-0.1, -0.05) is 5.16 Å². The van der Waals surface area contributed by atoms with Crippen LogP contribution >= 0.6 is 0 Å². The Kier molecular flexibility index (Phi) is 5.24. The van der Waals surface area contributed by atoms with Gasteiger partial charge in [-0.15, -0.1) is 0 Å². The fourth-order valence-electron chi connectivity index (χ4n) is 4.84. The molecule has 2 N–H and O–H groups in total. The summed E-state index contributed by atoms with van der Waals surface area (Å²) in [6.45, 7) is 6.19. The lowest BCUT2D eigenvalue weighted by molar-refractivity contribution is -0.108. The molecule has 0 unspecified atom stereocenters. The van der Waals surface area contributed by atoms with Crippen molar-refractivity contribution in [2.24, 2.45) is 0 Å². The van der Waals surface area contributed by atoms with Crippen molar-refractivity contribution in [3.05, 3.63) is 41.2 Å². The van der Waals surface area contributed by atoms with Crippen molar-refractivity contribution in [3.63, 3.8) is 0 Å². The van der Waals surface area contributed by atoms with E-state index in [1.807, 2.05) is 37.6 Å². The van der Waals surface area contributed by atoms with E-state index in [-0.39, 0.29) is 0 Å². The van der Waals surface area contributed by atoms with Crippen molar-refractivity contribution in [1.29, 1.82) is 0 Å². The Bertz CT molecular complexity index is 1600. The van der Waals surface area contributed by atoms with Gasteiger partial charge in [0.15, 0.2) is 0 Å². The van der Waals surface area contributed by atoms with E-state index in [0.29, 0.717) is 36.3 Å². The second-order valence-corrected chi connectivity index (χ2v) is 9.30. The lowest BCUT2D eigenvalue weighted by Crippen LogP contribution is -2.07. The predicted octanol–water partition coefficient (Wildman–Crippen LogP) is 5.11. The van der Waals surface area contributed by atoms with Crippen LogP contribution in [0.4, 0.5) is 11.6 Å². The van der Waals surface area contributed by atoms with Crippen LogP contribution in [-0.2, 0) is 11.3 Å². The number of fused-ring (bicyclic) bond motifs is 3. The van der Waals surface area contributed by atoms with E-state index in [0.717, 1.165) is 75.2 Å². The summed E-state index contributed by atoms with van der Waals surface area (Å²) in [6, 6.07) is 6.11. The van der Waals surface area contributed by atoms with Gasteiger partial charge in [-0.3, -0.25) is 0 Å². The van der Waals surface area contributed by atoms with Crippen LogP contribution in [0.5, 0.6) is 5.75 Å². The van der Waals surface area contributed by atoms with Crippen molar-refractivity contribution in [1.82, 2.24) is 29.9 Å². The molecule has 10 nitrogen and oxygen atoms in total.